The van der Waals surface area contributed by atoms with Gasteiger partial charge in [0.25, 0.3) is 0 Å². The van der Waals surface area contributed by atoms with Crippen LogP contribution >= 0.6 is 0 Å². The highest BCUT2D eigenvalue weighted by atomic mass is 28.4. The lowest BCUT2D eigenvalue weighted by Gasteiger charge is -2.47. The molecule has 0 N–H and O–H groups in total. The maximum absolute atomic E-state index is 6.26. The number of hydrogen-bond donors (Lipinski definition) is 0. The molecule has 0 aliphatic rings. The van der Waals surface area contributed by atoms with E-state index in [0.29, 0.717) is 11.8 Å². The maximum atomic E-state index is 6.26. The molecule has 0 aliphatic carbocycles. The van der Waals surface area contributed by atoms with E-state index in [1.807, 2.05) is 0 Å². The predicted octanol–water partition coefficient (Wildman–Crippen LogP) is 4.98. The van der Waals surface area contributed by atoms with E-state index in [1.165, 1.54) is 0 Å². The summed E-state index contributed by atoms with van der Waals surface area (Å²) in [5.74, 6) is 1.26. The summed E-state index contributed by atoms with van der Waals surface area (Å²) in [7, 11) is -2.15. The monoisotopic (exact) mass is 274 g/mol. The average molecular weight is 275 g/mol. The zero-order valence-electron chi connectivity index (χ0n) is 13.8. The van der Waals surface area contributed by atoms with Gasteiger partial charge in [-0.2, -0.15) is 0 Å². The fourth-order valence-electron chi connectivity index (χ4n) is 2.86. The van der Waals surface area contributed by atoms with Gasteiger partial charge in [0.15, 0.2) is 0 Å². The molecule has 0 radical (unpaired) electrons. The first-order valence-electron chi connectivity index (χ1n) is 7.56. The highest BCUT2D eigenvalue weighted by molar-refractivity contribution is 6.70. The molecule has 0 aromatic rings. The summed E-state index contributed by atoms with van der Waals surface area (Å²) in [6.45, 7) is 19.6. The van der Waals surface area contributed by atoms with Crippen LogP contribution < -0.4 is 0 Å². The highest BCUT2D eigenvalue weighted by Crippen LogP contribution is 2.50. The van der Waals surface area contributed by atoms with Crippen LogP contribution in [0.1, 0.15) is 61.8 Å². The summed E-state index contributed by atoms with van der Waals surface area (Å²) in [5.41, 5.74) is 0. The minimum Gasteiger partial charge on any atom is -0.394 e. The Morgan fingerprint density at radius 1 is 0.944 bits per heavy atom. The molecule has 1 unspecified atom stereocenters. The van der Waals surface area contributed by atoms with Gasteiger partial charge in [-0.3, -0.25) is 0 Å². The Balaban J connectivity index is 5.35. The smallest absolute Gasteiger partial charge is 0.344 e. The van der Waals surface area contributed by atoms with E-state index in [2.05, 4.69) is 55.4 Å². The van der Waals surface area contributed by atoms with Gasteiger partial charge in [0.2, 0.25) is 0 Å². The first-order chi connectivity index (χ1) is 8.29. The van der Waals surface area contributed by atoms with Gasteiger partial charge in [-0.1, -0.05) is 48.0 Å². The maximum Gasteiger partial charge on any atom is 0.344 e. The van der Waals surface area contributed by atoms with Crippen LogP contribution in [0, 0.1) is 11.8 Å². The fraction of sp³-hybridized carbons (Fsp3) is 1.00. The van der Waals surface area contributed by atoms with Crippen LogP contribution in [0.5, 0.6) is 0 Å². The Morgan fingerprint density at radius 2 is 1.39 bits per heavy atom. The van der Waals surface area contributed by atoms with Crippen LogP contribution in [0.15, 0.2) is 0 Å². The highest BCUT2D eigenvalue weighted by Gasteiger charge is 2.54. The molecule has 1 atom stereocenters. The van der Waals surface area contributed by atoms with Crippen molar-refractivity contribution in [1.29, 1.82) is 0 Å². The standard InChI is InChI=1S/C15H34O2Si/c1-9-12-18(16-10-2,17-11-3)15(7,8)14(6)13(4)5/h13-14H,9-12H2,1-8H3. The molecule has 0 saturated carbocycles. The zero-order chi connectivity index (χ0) is 14.4. The van der Waals surface area contributed by atoms with Crippen LogP contribution in [0.25, 0.3) is 0 Å². The van der Waals surface area contributed by atoms with E-state index in [9.17, 15) is 0 Å². The van der Waals surface area contributed by atoms with Crippen LogP contribution in [0.3, 0.4) is 0 Å². The van der Waals surface area contributed by atoms with E-state index in [4.69, 9.17) is 8.85 Å². The Labute approximate surface area is 116 Å². The lowest BCUT2D eigenvalue weighted by Crippen LogP contribution is -2.54. The van der Waals surface area contributed by atoms with Gasteiger partial charge in [-0.25, -0.2) is 0 Å². The van der Waals surface area contributed by atoms with Crippen molar-refractivity contribution in [2.24, 2.45) is 11.8 Å². The molecule has 0 spiro atoms. The summed E-state index contributed by atoms with van der Waals surface area (Å²) in [6.07, 6.45) is 1.14. The molecular formula is C15H34O2Si. The average Bonchev–Trinajstić information content (AvgIpc) is 2.28. The Kier molecular flexibility index (Phi) is 7.72. The van der Waals surface area contributed by atoms with Crippen molar-refractivity contribution in [3.05, 3.63) is 0 Å². The molecule has 0 rings (SSSR count). The third-order valence-corrected chi connectivity index (χ3v) is 9.54. The molecule has 0 bridgehead atoms. The molecule has 2 nitrogen and oxygen atoms in total. The van der Waals surface area contributed by atoms with E-state index >= 15 is 0 Å². The summed E-state index contributed by atoms with van der Waals surface area (Å²) in [5, 5.41) is 0.142. The lowest BCUT2D eigenvalue weighted by molar-refractivity contribution is 0.132. The third-order valence-electron chi connectivity index (χ3n) is 4.45. The third kappa shape index (κ3) is 3.81. The molecule has 18 heavy (non-hydrogen) atoms. The van der Waals surface area contributed by atoms with Gasteiger partial charge in [0.1, 0.15) is 0 Å². The number of rotatable bonds is 9. The lowest BCUT2D eigenvalue weighted by atomic mass is 9.86. The minimum atomic E-state index is -2.15. The Bertz CT molecular complexity index is 210. The van der Waals surface area contributed by atoms with Crippen molar-refractivity contribution in [2.75, 3.05) is 13.2 Å². The quantitative estimate of drug-likeness (QED) is 0.552. The predicted molar refractivity (Wildman–Crippen MR) is 82.1 cm³/mol. The molecule has 0 aromatic carbocycles. The van der Waals surface area contributed by atoms with E-state index in [1.54, 1.807) is 0 Å². The van der Waals surface area contributed by atoms with Crippen molar-refractivity contribution in [1.82, 2.24) is 0 Å². The SMILES string of the molecule is CCC[Si](OCC)(OCC)C(C)(C)C(C)C(C)C. The van der Waals surface area contributed by atoms with E-state index in [0.717, 1.165) is 25.7 Å². The number of hydrogen-bond acceptors (Lipinski definition) is 2. The first kappa shape index (κ1) is 18.1. The second-order valence-electron chi connectivity index (χ2n) is 6.12. The van der Waals surface area contributed by atoms with Crippen molar-refractivity contribution in [3.63, 3.8) is 0 Å². The Hall–Kier alpha value is 0.137. The van der Waals surface area contributed by atoms with Gasteiger partial charge in [-0.05, 0) is 31.7 Å². The normalized spacial score (nSPS) is 15.2. The second kappa shape index (κ2) is 7.66. The molecule has 0 heterocycles. The molecule has 0 aliphatic heterocycles. The van der Waals surface area contributed by atoms with Crippen molar-refractivity contribution >= 4 is 8.56 Å². The zero-order valence-corrected chi connectivity index (χ0v) is 14.8. The fourth-order valence-corrected chi connectivity index (χ4v) is 7.23. The van der Waals surface area contributed by atoms with Crippen LogP contribution in [-0.2, 0) is 8.85 Å². The van der Waals surface area contributed by atoms with Gasteiger partial charge in [0, 0.05) is 18.3 Å². The van der Waals surface area contributed by atoms with E-state index in [-0.39, 0.29) is 5.04 Å². The Morgan fingerprint density at radius 3 is 1.67 bits per heavy atom. The summed E-state index contributed by atoms with van der Waals surface area (Å²) < 4.78 is 12.5. The summed E-state index contributed by atoms with van der Waals surface area (Å²) in [4.78, 5) is 0. The van der Waals surface area contributed by atoms with Crippen molar-refractivity contribution in [2.45, 2.75) is 72.9 Å². The van der Waals surface area contributed by atoms with Crippen molar-refractivity contribution in [3.8, 4) is 0 Å². The van der Waals surface area contributed by atoms with Gasteiger partial charge in [0.05, 0.1) is 0 Å². The molecule has 0 aromatic heterocycles. The molecule has 3 heteroatoms. The minimum absolute atomic E-state index is 0.142. The second-order valence-corrected chi connectivity index (χ2v) is 10.00. The van der Waals surface area contributed by atoms with Crippen LogP contribution in [-0.4, -0.2) is 21.8 Å². The molecular weight excluding hydrogens is 240 g/mol. The largest absolute Gasteiger partial charge is 0.394 e. The van der Waals surface area contributed by atoms with Crippen molar-refractivity contribution < 1.29 is 8.85 Å². The van der Waals surface area contributed by atoms with Gasteiger partial charge >= 0.3 is 8.56 Å². The van der Waals surface area contributed by atoms with Crippen LogP contribution in [0.2, 0.25) is 11.1 Å². The first-order valence-corrected chi connectivity index (χ1v) is 9.59. The summed E-state index contributed by atoms with van der Waals surface area (Å²) in [6, 6.07) is 1.10. The van der Waals surface area contributed by atoms with Gasteiger partial charge < -0.3 is 8.85 Å². The molecule has 0 saturated heterocycles. The van der Waals surface area contributed by atoms with E-state index < -0.39 is 8.56 Å². The van der Waals surface area contributed by atoms with Crippen LogP contribution in [0.4, 0.5) is 0 Å². The summed E-state index contributed by atoms with van der Waals surface area (Å²) >= 11 is 0. The molecule has 110 valence electrons. The molecule has 0 amide bonds. The van der Waals surface area contributed by atoms with Gasteiger partial charge in [-0.15, -0.1) is 0 Å². The molecule has 0 fully saturated rings. The topological polar surface area (TPSA) is 18.5 Å².